The number of benzene rings is 1. The van der Waals surface area contributed by atoms with Crippen LogP contribution in [0.15, 0.2) is 18.2 Å². The number of carbonyl (C=O) groups is 1. The van der Waals surface area contributed by atoms with Gasteiger partial charge in [0.25, 0.3) is 0 Å². The molecule has 0 radical (unpaired) electrons. The molecule has 1 aliphatic heterocycles. The van der Waals surface area contributed by atoms with Crippen molar-refractivity contribution in [2.45, 2.75) is 25.7 Å². The molecule has 1 amide bonds. The normalized spacial score (nSPS) is 18.7. The van der Waals surface area contributed by atoms with Crippen LogP contribution in [-0.4, -0.2) is 19.6 Å². The Kier molecular flexibility index (Phi) is 2.70. The van der Waals surface area contributed by atoms with E-state index in [0.717, 1.165) is 29.8 Å². The van der Waals surface area contributed by atoms with E-state index in [2.05, 4.69) is 6.07 Å². The zero-order valence-corrected chi connectivity index (χ0v) is 11.0. The minimum absolute atomic E-state index is 0.0832. The molecule has 19 heavy (non-hydrogen) atoms. The maximum atomic E-state index is 12.5. The zero-order valence-electron chi connectivity index (χ0n) is 11.0. The molecule has 0 unspecified atom stereocenters. The fraction of sp³-hybridized carbons (Fsp3) is 0.467. The molecule has 1 aromatic rings. The second-order valence-corrected chi connectivity index (χ2v) is 5.30. The number of amides is 1. The van der Waals surface area contributed by atoms with E-state index in [1.165, 1.54) is 0 Å². The molecule has 1 fully saturated rings. The second-order valence-electron chi connectivity index (χ2n) is 5.30. The van der Waals surface area contributed by atoms with E-state index < -0.39 is 5.41 Å². The van der Waals surface area contributed by atoms with E-state index in [-0.39, 0.29) is 5.91 Å². The lowest BCUT2D eigenvalue weighted by atomic mass is 9.69. The van der Waals surface area contributed by atoms with Crippen LogP contribution in [0.1, 0.15) is 24.8 Å². The van der Waals surface area contributed by atoms with Crippen LogP contribution in [0.3, 0.4) is 0 Å². The number of ether oxygens (including phenoxy) is 1. The van der Waals surface area contributed by atoms with Crippen molar-refractivity contribution in [3.8, 4) is 11.8 Å². The minimum atomic E-state index is -0.787. The summed E-state index contributed by atoms with van der Waals surface area (Å²) in [4.78, 5) is 14.1. The van der Waals surface area contributed by atoms with E-state index in [1.54, 1.807) is 11.9 Å². The molecule has 0 N–H and O–H groups in total. The molecule has 1 saturated carbocycles. The predicted octanol–water partition coefficient (Wildman–Crippen LogP) is 2.28. The predicted molar refractivity (Wildman–Crippen MR) is 70.9 cm³/mol. The molecule has 0 atom stereocenters. The summed E-state index contributed by atoms with van der Waals surface area (Å²) in [5.74, 6) is 0.823. The van der Waals surface area contributed by atoms with Crippen molar-refractivity contribution < 1.29 is 9.53 Å². The van der Waals surface area contributed by atoms with Crippen LogP contribution in [0.25, 0.3) is 0 Å². The molecule has 0 bridgehead atoms. The number of nitrogens with zero attached hydrogens (tertiary/aromatic N) is 2. The van der Waals surface area contributed by atoms with Crippen molar-refractivity contribution in [3.05, 3.63) is 23.8 Å². The first-order valence-electron chi connectivity index (χ1n) is 6.61. The number of rotatable bonds is 2. The topological polar surface area (TPSA) is 53.3 Å². The van der Waals surface area contributed by atoms with E-state index in [0.29, 0.717) is 19.4 Å². The van der Waals surface area contributed by atoms with E-state index >= 15 is 0 Å². The molecule has 4 nitrogen and oxygen atoms in total. The van der Waals surface area contributed by atoms with E-state index in [9.17, 15) is 10.1 Å². The Hall–Kier alpha value is -2.02. The molecule has 0 aromatic heterocycles. The Morgan fingerprint density at radius 1 is 1.47 bits per heavy atom. The van der Waals surface area contributed by atoms with Crippen LogP contribution in [0.2, 0.25) is 0 Å². The highest BCUT2D eigenvalue weighted by Crippen LogP contribution is 2.42. The van der Waals surface area contributed by atoms with Crippen molar-refractivity contribution in [2.24, 2.45) is 5.41 Å². The average Bonchev–Trinajstić information content (AvgIpc) is 2.84. The minimum Gasteiger partial charge on any atom is -0.493 e. The number of fused-ring (bicyclic) bond motifs is 1. The molecular formula is C15H16N2O2. The summed E-state index contributed by atoms with van der Waals surface area (Å²) in [5, 5.41) is 9.24. The van der Waals surface area contributed by atoms with Gasteiger partial charge in [-0.3, -0.25) is 4.79 Å². The molecule has 0 saturated heterocycles. The van der Waals surface area contributed by atoms with E-state index in [4.69, 9.17) is 4.74 Å². The third kappa shape index (κ3) is 1.77. The Balaban J connectivity index is 1.86. The molecule has 3 rings (SSSR count). The first-order chi connectivity index (χ1) is 9.16. The maximum Gasteiger partial charge on any atom is 0.247 e. The van der Waals surface area contributed by atoms with Crippen molar-refractivity contribution in [1.29, 1.82) is 5.26 Å². The lowest BCUT2D eigenvalue weighted by Gasteiger charge is -2.36. The number of carbonyl (C=O) groups excluding carboxylic acids is 1. The van der Waals surface area contributed by atoms with Crippen molar-refractivity contribution in [1.82, 2.24) is 0 Å². The van der Waals surface area contributed by atoms with Crippen LogP contribution in [-0.2, 0) is 11.2 Å². The molecule has 98 valence electrons. The zero-order chi connectivity index (χ0) is 13.5. The van der Waals surface area contributed by atoms with Gasteiger partial charge < -0.3 is 9.64 Å². The fourth-order valence-corrected chi connectivity index (χ4v) is 2.72. The maximum absolute atomic E-state index is 12.5. The van der Waals surface area contributed by atoms with Crippen molar-refractivity contribution in [2.75, 3.05) is 18.6 Å². The van der Waals surface area contributed by atoms with E-state index in [1.807, 2.05) is 18.2 Å². The highest BCUT2D eigenvalue weighted by atomic mass is 16.5. The summed E-state index contributed by atoms with van der Waals surface area (Å²) in [7, 11) is 1.75. The van der Waals surface area contributed by atoms with Gasteiger partial charge in [0.15, 0.2) is 0 Å². The Morgan fingerprint density at radius 2 is 2.26 bits per heavy atom. The summed E-state index contributed by atoms with van der Waals surface area (Å²) in [5.41, 5.74) is 1.19. The van der Waals surface area contributed by atoms with Gasteiger partial charge in [-0.15, -0.1) is 0 Å². The fourth-order valence-electron chi connectivity index (χ4n) is 2.72. The highest BCUT2D eigenvalue weighted by Gasteiger charge is 2.46. The quantitative estimate of drug-likeness (QED) is 0.815. The number of hydrogen-bond acceptors (Lipinski definition) is 3. The van der Waals surface area contributed by atoms with Crippen molar-refractivity contribution >= 4 is 11.6 Å². The lowest BCUT2D eigenvalue weighted by molar-refractivity contribution is -0.128. The van der Waals surface area contributed by atoms with Gasteiger partial charge in [0, 0.05) is 19.2 Å². The number of hydrogen-bond donors (Lipinski definition) is 0. The van der Waals surface area contributed by atoms with Gasteiger partial charge in [-0.1, -0.05) is 0 Å². The largest absolute Gasteiger partial charge is 0.493 e. The first-order valence-corrected chi connectivity index (χ1v) is 6.61. The molecule has 1 aliphatic carbocycles. The summed E-state index contributed by atoms with van der Waals surface area (Å²) >= 11 is 0. The third-order valence-corrected chi connectivity index (χ3v) is 4.20. The molecule has 0 spiro atoms. The highest BCUT2D eigenvalue weighted by molar-refractivity contribution is 5.99. The van der Waals surface area contributed by atoms with Gasteiger partial charge in [0.1, 0.15) is 11.2 Å². The van der Waals surface area contributed by atoms with Crippen LogP contribution >= 0.6 is 0 Å². The number of anilines is 1. The SMILES string of the molecule is CN(C(=O)C1(C#N)CCC1)c1ccc2c(c1)CCO2. The molecule has 2 aliphatic rings. The van der Waals surface area contributed by atoms with Crippen molar-refractivity contribution in [3.63, 3.8) is 0 Å². The summed E-state index contributed by atoms with van der Waals surface area (Å²) in [6.45, 7) is 0.707. The average molecular weight is 256 g/mol. The summed E-state index contributed by atoms with van der Waals surface area (Å²) in [6.07, 6.45) is 3.21. The van der Waals surface area contributed by atoms with Gasteiger partial charge in [-0.2, -0.15) is 5.26 Å². The Labute approximate surface area is 112 Å². The van der Waals surface area contributed by atoms with Crippen LogP contribution in [0, 0.1) is 16.7 Å². The molecular weight excluding hydrogens is 240 g/mol. The Morgan fingerprint density at radius 3 is 2.89 bits per heavy atom. The van der Waals surface area contributed by atoms with Crippen LogP contribution in [0.5, 0.6) is 5.75 Å². The van der Waals surface area contributed by atoms with Gasteiger partial charge >= 0.3 is 0 Å². The third-order valence-electron chi connectivity index (χ3n) is 4.20. The molecule has 4 heteroatoms. The van der Waals surface area contributed by atoms with Crippen LogP contribution in [0.4, 0.5) is 5.69 Å². The summed E-state index contributed by atoms with van der Waals surface area (Å²) < 4.78 is 5.46. The monoisotopic (exact) mass is 256 g/mol. The standard InChI is InChI=1S/C15H16N2O2/c1-17(14(18)15(10-16)6-2-7-15)12-3-4-13-11(9-12)5-8-19-13/h3-4,9H,2,5-8H2,1H3. The van der Waals surface area contributed by atoms with Gasteiger partial charge in [-0.25, -0.2) is 0 Å². The Bertz CT molecular complexity index is 570. The van der Waals surface area contributed by atoms with Crippen LogP contribution < -0.4 is 9.64 Å². The smallest absolute Gasteiger partial charge is 0.247 e. The van der Waals surface area contributed by atoms with Gasteiger partial charge in [-0.05, 0) is 43.0 Å². The summed E-state index contributed by atoms with van der Waals surface area (Å²) in [6, 6.07) is 7.98. The van der Waals surface area contributed by atoms with Gasteiger partial charge in [0.05, 0.1) is 12.7 Å². The second kappa shape index (κ2) is 4.27. The number of nitriles is 1. The first kappa shape index (κ1) is 12.0. The molecule has 1 heterocycles. The van der Waals surface area contributed by atoms with Gasteiger partial charge in [0.2, 0.25) is 5.91 Å². The molecule has 1 aromatic carbocycles. The lowest BCUT2D eigenvalue weighted by Crippen LogP contribution is -2.45.